The van der Waals surface area contributed by atoms with Gasteiger partial charge < -0.3 is 9.64 Å². The maximum atomic E-state index is 13.7. The molecule has 0 bridgehead atoms. The van der Waals surface area contributed by atoms with E-state index >= 15 is 0 Å². The summed E-state index contributed by atoms with van der Waals surface area (Å²) in [5.74, 6) is -3.67. The number of benzene rings is 1. The topological polar surface area (TPSA) is 36.3 Å². The van der Waals surface area contributed by atoms with Crippen LogP contribution in [-0.4, -0.2) is 25.9 Å². The maximum Gasteiger partial charge on any atom is 0.389 e. The molecule has 2 atom stereocenters. The number of ether oxygens (including phenoxy) is 1. The third-order valence-electron chi connectivity index (χ3n) is 3.69. The highest BCUT2D eigenvalue weighted by Gasteiger charge is 2.42. The molecule has 0 N–H and O–H groups in total. The molecule has 8 heteroatoms. The minimum absolute atomic E-state index is 0.0811. The van der Waals surface area contributed by atoms with Gasteiger partial charge >= 0.3 is 6.18 Å². The van der Waals surface area contributed by atoms with Crippen LogP contribution in [0.25, 0.3) is 0 Å². The van der Waals surface area contributed by atoms with E-state index < -0.39 is 41.9 Å². The molecule has 0 saturated carbocycles. The van der Waals surface area contributed by atoms with Gasteiger partial charge in [0.15, 0.2) is 11.6 Å². The molecule has 2 unspecified atom stereocenters. The first-order chi connectivity index (χ1) is 11.3. The molecule has 1 aliphatic rings. The van der Waals surface area contributed by atoms with E-state index in [4.69, 9.17) is 4.74 Å². The van der Waals surface area contributed by atoms with Crippen LogP contribution in [0.2, 0.25) is 0 Å². The summed E-state index contributed by atoms with van der Waals surface area (Å²) < 4.78 is 69.4. The number of alkyl halides is 3. The second-order valence-electron chi connectivity index (χ2n) is 5.05. The summed E-state index contributed by atoms with van der Waals surface area (Å²) in [5, 5.41) is 9.18. The van der Waals surface area contributed by atoms with E-state index in [1.807, 2.05) is 19.9 Å². The smallest absolute Gasteiger partial charge is 0.389 e. The summed E-state index contributed by atoms with van der Waals surface area (Å²) >= 11 is 0. The van der Waals surface area contributed by atoms with E-state index in [0.717, 1.165) is 13.2 Å². The Morgan fingerprint density at radius 1 is 1.29 bits per heavy atom. The van der Waals surface area contributed by atoms with Crippen molar-refractivity contribution in [3.05, 3.63) is 23.8 Å². The lowest BCUT2D eigenvalue weighted by molar-refractivity contribution is -0.143. The van der Waals surface area contributed by atoms with Gasteiger partial charge in [-0.3, -0.25) is 0 Å². The molecule has 1 fully saturated rings. The van der Waals surface area contributed by atoms with Crippen LogP contribution in [0.5, 0.6) is 5.75 Å². The first-order valence-electron chi connectivity index (χ1n) is 7.53. The Morgan fingerprint density at radius 2 is 1.92 bits per heavy atom. The third kappa shape index (κ3) is 4.28. The summed E-state index contributed by atoms with van der Waals surface area (Å²) in [6.07, 6.45) is -5.33. The average molecular weight is 350 g/mol. The molecule has 1 saturated heterocycles. The number of halogens is 5. The molecule has 1 aromatic carbocycles. The summed E-state index contributed by atoms with van der Waals surface area (Å²) in [6.45, 7) is 4.14. The van der Waals surface area contributed by atoms with Crippen molar-refractivity contribution >= 4 is 5.69 Å². The van der Waals surface area contributed by atoms with Gasteiger partial charge in [0.1, 0.15) is 6.04 Å². The number of nitriles is 1. The zero-order valence-electron chi connectivity index (χ0n) is 13.6. The average Bonchev–Trinajstić information content (AvgIpc) is 2.92. The van der Waals surface area contributed by atoms with Crippen molar-refractivity contribution in [3.8, 4) is 11.8 Å². The van der Waals surface area contributed by atoms with Gasteiger partial charge in [-0.05, 0) is 18.6 Å². The molecule has 134 valence electrons. The monoisotopic (exact) mass is 350 g/mol. The lowest BCUT2D eigenvalue weighted by Gasteiger charge is -2.26. The van der Waals surface area contributed by atoms with Gasteiger partial charge in [-0.1, -0.05) is 13.8 Å². The molecular formula is C16H19F5N2O. The molecule has 1 aromatic rings. The van der Waals surface area contributed by atoms with E-state index in [1.54, 1.807) is 0 Å². The van der Waals surface area contributed by atoms with Gasteiger partial charge in [0.05, 0.1) is 18.9 Å². The van der Waals surface area contributed by atoms with Crippen molar-refractivity contribution < 1.29 is 26.7 Å². The highest BCUT2D eigenvalue weighted by Crippen LogP contribution is 2.41. The quantitative estimate of drug-likeness (QED) is 0.743. The fourth-order valence-corrected chi connectivity index (χ4v) is 2.75. The first kappa shape index (κ1) is 20.0. The van der Waals surface area contributed by atoms with Crippen LogP contribution >= 0.6 is 0 Å². The van der Waals surface area contributed by atoms with Crippen LogP contribution in [0, 0.1) is 28.9 Å². The Bertz CT molecular complexity index is 597. The van der Waals surface area contributed by atoms with Gasteiger partial charge in [-0.25, -0.2) is 4.39 Å². The molecule has 1 aliphatic heterocycles. The molecule has 0 aliphatic carbocycles. The fourth-order valence-electron chi connectivity index (χ4n) is 2.75. The van der Waals surface area contributed by atoms with Crippen molar-refractivity contribution in [3.63, 3.8) is 0 Å². The van der Waals surface area contributed by atoms with Crippen LogP contribution in [0.15, 0.2) is 12.1 Å². The largest absolute Gasteiger partial charge is 0.491 e. The number of methoxy groups -OCH3 is 1. The standard InChI is InChI=1S/C14H13F5N2O.C2H6/c1-22-13-10(3-2-9(15)12(13)16)21-5-4-8(11(21)7-20)6-14(17,18)19;1-2/h2-3,8,11H,4-6H2,1H3;1-2H3. The number of hydrogen-bond donors (Lipinski definition) is 0. The summed E-state index contributed by atoms with van der Waals surface area (Å²) in [4.78, 5) is 1.33. The van der Waals surface area contributed by atoms with Crippen LogP contribution in [0.4, 0.5) is 27.6 Å². The normalized spacial score (nSPS) is 20.2. The number of rotatable bonds is 3. The van der Waals surface area contributed by atoms with E-state index in [1.165, 1.54) is 11.0 Å². The molecule has 1 heterocycles. The van der Waals surface area contributed by atoms with Crippen molar-refractivity contribution in [2.75, 3.05) is 18.6 Å². The second kappa shape index (κ2) is 8.18. The van der Waals surface area contributed by atoms with E-state index in [9.17, 15) is 27.2 Å². The predicted octanol–water partition coefficient (Wildman–Crippen LogP) is 4.67. The van der Waals surface area contributed by atoms with Crippen molar-refractivity contribution in [1.82, 2.24) is 0 Å². The molecular weight excluding hydrogens is 331 g/mol. The number of hydrogen-bond acceptors (Lipinski definition) is 3. The van der Waals surface area contributed by atoms with Crippen molar-refractivity contribution in [2.45, 2.75) is 38.9 Å². The molecule has 24 heavy (non-hydrogen) atoms. The molecule has 0 radical (unpaired) electrons. The van der Waals surface area contributed by atoms with Crippen LogP contribution < -0.4 is 9.64 Å². The fraction of sp³-hybridized carbons (Fsp3) is 0.562. The lowest BCUT2D eigenvalue weighted by Crippen LogP contribution is -2.33. The Balaban J connectivity index is 0.00000139. The highest BCUT2D eigenvalue weighted by atomic mass is 19.4. The van der Waals surface area contributed by atoms with Gasteiger partial charge in [0, 0.05) is 18.9 Å². The summed E-state index contributed by atoms with van der Waals surface area (Å²) in [6, 6.07) is 2.82. The van der Waals surface area contributed by atoms with Crippen LogP contribution in [-0.2, 0) is 0 Å². The lowest BCUT2D eigenvalue weighted by atomic mass is 9.97. The minimum Gasteiger partial charge on any atom is -0.491 e. The summed E-state index contributed by atoms with van der Waals surface area (Å²) in [7, 11) is 1.13. The SMILES string of the molecule is CC.COc1c(N2CCC(CC(F)(F)F)C2C#N)ccc(F)c1F. The van der Waals surface area contributed by atoms with Crippen LogP contribution in [0.1, 0.15) is 26.7 Å². The molecule has 0 amide bonds. The second-order valence-corrected chi connectivity index (χ2v) is 5.05. The first-order valence-corrected chi connectivity index (χ1v) is 7.53. The zero-order chi connectivity index (χ0) is 18.5. The zero-order valence-corrected chi connectivity index (χ0v) is 13.6. The third-order valence-corrected chi connectivity index (χ3v) is 3.69. The Labute approximate surface area is 137 Å². The van der Waals surface area contributed by atoms with Gasteiger partial charge in [0.25, 0.3) is 0 Å². The van der Waals surface area contributed by atoms with Gasteiger partial charge in [-0.2, -0.15) is 22.8 Å². The predicted molar refractivity (Wildman–Crippen MR) is 79.8 cm³/mol. The van der Waals surface area contributed by atoms with E-state index in [-0.39, 0.29) is 18.7 Å². The van der Waals surface area contributed by atoms with Gasteiger partial charge in [0.2, 0.25) is 5.82 Å². The number of anilines is 1. The molecule has 0 aromatic heterocycles. The molecule has 2 rings (SSSR count). The Morgan fingerprint density at radius 3 is 2.42 bits per heavy atom. The molecule has 0 spiro atoms. The maximum absolute atomic E-state index is 13.7. The van der Waals surface area contributed by atoms with E-state index in [0.29, 0.717) is 0 Å². The van der Waals surface area contributed by atoms with Crippen LogP contribution in [0.3, 0.4) is 0 Å². The Kier molecular flexibility index (Phi) is 6.81. The number of nitrogens with zero attached hydrogens (tertiary/aromatic N) is 2. The van der Waals surface area contributed by atoms with Crippen molar-refractivity contribution in [1.29, 1.82) is 5.26 Å². The molecule has 3 nitrogen and oxygen atoms in total. The summed E-state index contributed by atoms with van der Waals surface area (Å²) in [5.41, 5.74) is 0.0811. The van der Waals surface area contributed by atoms with Gasteiger partial charge in [-0.15, -0.1) is 0 Å². The van der Waals surface area contributed by atoms with E-state index in [2.05, 4.69) is 0 Å². The minimum atomic E-state index is -4.38. The van der Waals surface area contributed by atoms with Crippen molar-refractivity contribution in [2.24, 2.45) is 5.92 Å². The Hall–Kier alpha value is -2.04. The highest BCUT2D eigenvalue weighted by molar-refractivity contribution is 5.61.